The highest BCUT2D eigenvalue weighted by atomic mass is 15.3. The van der Waals surface area contributed by atoms with Crippen molar-refractivity contribution >= 4 is 0 Å². The van der Waals surface area contributed by atoms with Crippen LogP contribution in [0.5, 0.6) is 0 Å². The first-order chi connectivity index (χ1) is 9.22. The largest absolute Gasteiger partial charge is 0.311 e. The van der Waals surface area contributed by atoms with Gasteiger partial charge in [-0.1, -0.05) is 19.8 Å². The normalized spacial score (nSPS) is 27.2. The standard InChI is InChI=1S/C15H26N4/c1-3-13-10-19(11-14-6-9-18(2)17-14)15(12-16-13)7-4-5-8-15/h6,9,13,16H,3-5,7-8,10-12H2,1-2H3. The number of hydrogen-bond acceptors (Lipinski definition) is 3. The van der Waals surface area contributed by atoms with E-state index in [2.05, 4.69) is 34.5 Å². The van der Waals surface area contributed by atoms with Crippen LogP contribution in [0.4, 0.5) is 0 Å². The van der Waals surface area contributed by atoms with Gasteiger partial charge < -0.3 is 5.32 Å². The number of aromatic nitrogens is 2. The van der Waals surface area contributed by atoms with Crippen molar-refractivity contribution in [3.8, 4) is 0 Å². The Hall–Kier alpha value is -0.870. The van der Waals surface area contributed by atoms with Crippen LogP contribution in [0.15, 0.2) is 12.3 Å². The molecule has 2 fully saturated rings. The second-order valence-corrected chi connectivity index (χ2v) is 6.28. The fourth-order valence-corrected chi connectivity index (χ4v) is 3.75. The molecule has 1 saturated carbocycles. The smallest absolute Gasteiger partial charge is 0.0764 e. The average molecular weight is 262 g/mol. The molecule has 1 aliphatic heterocycles. The van der Waals surface area contributed by atoms with Gasteiger partial charge in [0, 0.05) is 44.5 Å². The molecule has 1 atom stereocenters. The Morgan fingerprint density at radius 1 is 1.42 bits per heavy atom. The first-order valence-corrected chi connectivity index (χ1v) is 7.69. The van der Waals surface area contributed by atoms with Gasteiger partial charge in [0.2, 0.25) is 0 Å². The minimum atomic E-state index is 0.406. The lowest BCUT2D eigenvalue weighted by Gasteiger charge is -2.48. The molecule has 0 amide bonds. The molecule has 1 saturated heterocycles. The molecule has 4 heteroatoms. The molecule has 106 valence electrons. The summed E-state index contributed by atoms with van der Waals surface area (Å²) in [7, 11) is 2.00. The molecule has 1 aromatic heterocycles. The minimum absolute atomic E-state index is 0.406. The molecule has 0 bridgehead atoms. The number of aryl methyl sites for hydroxylation is 1. The molecule has 0 aromatic carbocycles. The van der Waals surface area contributed by atoms with Crippen LogP contribution >= 0.6 is 0 Å². The molecule has 1 spiro atoms. The third-order valence-corrected chi connectivity index (χ3v) is 4.98. The Morgan fingerprint density at radius 3 is 2.84 bits per heavy atom. The summed E-state index contributed by atoms with van der Waals surface area (Å²) in [6.45, 7) is 5.63. The molecule has 4 nitrogen and oxygen atoms in total. The van der Waals surface area contributed by atoms with Gasteiger partial charge in [-0.3, -0.25) is 9.58 Å². The highest BCUT2D eigenvalue weighted by molar-refractivity contribution is 5.06. The van der Waals surface area contributed by atoms with Crippen molar-refractivity contribution in [3.05, 3.63) is 18.0 Å². The average Bonchev–Trinajstić information content (AvgIpc) is 3.03. The van der Waals surface area contributed by atoms with Crippen LogP contribution in [0.3, 0.4) is 0 Å². The Kier molecular flexibility index (Phi) is 3.63. The maximum Gasteiger partial charge on any atom is 0.0764 e. The lowest BCUT2D eigenvalue weighted by molar-refractivity contribution is 0.0337. The van der Waals surface area contributed by atoms with Gasteiger partial charge in [0.05, 0.1) is 5.69 Å². The molecule has 0 radical (unpaired) electrons. The van der Waals surface area contributed by atoms with Crippen LogP contribution in [0.1, 0.15) is 44.7 Å². The van der Waals surface area contributed by atoms with E-state index in [9.17, 15) is 0 Å². The second kappa shape index (κ2) is 5.25. The van der Waals surface area contributed by atoms with Crippen LogP contribution in [0, 0.1) is 0 Å². The summed E-state index contributed by atoms with van der Waals surface area (Å²) >= 11 is 0. The fraction of sp³-hybridized carbons (Fsp3) is 0.800. The predicted molar refractivity (Wildman–Crippen MR) is 76.9 cm³/mol. The van der Waals surface area contributed by atoms with Gasteiger partial charge in [-0.05, 0) is 25.3 Å². The number of hydrogen-bond donors (Lipinski definition) is 1. The maximum absolute atomic E-state index is 4.56. The molecule has 19 heavy (non-hydrogen) atoms. The monoisotopic (exact) mass is 262 g/mol. The van der Waals surface area contributed by atoms with Crippen molar-refractivity contribution < 1.29 is 0 Å². The van der Waals surface area contributed by atoms with Crippen LogP contribution < -0.4 is 5.32 Å². The van der Waals surface area contributed by atoms with E-state index in [1.165, 1.54) is 50.9 Å². The summed E-state index contributed by atoms with van der Waals surface area (Å²) in [5.74, 6) is 0. The SMILES string of the molecule is CCC1CN(Cc2ccn(C)n2)C2(CCCC2)CN1. The van der Waals surface area contributed by atoms with E-state index in [0.717, 1.165) is 6.54 Å². The lowest BCUT2D eigenvalue weighted by Crippen LogP contribution is -2.63. The topological polar surface area (TPSA) is 33.1 Å². The molecule has 1 aliphatic carbocycles. The molecular formula is C15H26N4. The van der Waals surface area contributed by atoms with Gasteiger partial charge in [0.25, 0.3) is 0 Å². The van der Waals surface area contributed by atoms with Crippen molar-refractivity contribution in [1.29, 1.82) is 0 Å². The summed E-state index contributed by atoms with van der Waals surface area (Å²) in [5.41, 5.74) is 1.62. The van der Waals surface area contributed by atoms with Crippen molar-refractivity contribution in [2.24, 2.45) is 7.05 Å². The van der Waals surface area contributed by atoms with Crippen LogP contribution in [-0.2, 0) is 13.6 Å². The third kappa shape index (κ3) is 2.56. The maximum atomic E-state index is 4.56. The summed E-state index contributed by atoms with van der Waals surface area (Å²) in [4.78, 5) is 2.72. The van der Waals surface area contributed by atoms with E-state index in [1.54, 1.807) is 0 Å². The van der Waals surface area contributed by atoms with E-state index < -0.39 is 0 Å². The third-order valence-electron chi connectivity index (χ3n) is 4.98. The Bertz CT molecular complexity index is 420. The molecule has 1 aromatic rings. The lowest BCUT2D eigenvalue weighted by atomic mass is 9.90. The van der Waals surface area contributed by atoms with Gasteiger partial charge in [0.15, 0.2) is 0 Å². The van der Waals surface area contributed by atoms with Crippen LogP contribution in [-0.4, -0.2) is 39.4 Å². The molecular weight excluding hydrogens is 236 g/mol. The van der Waals surface area contributed by atoms with Gasteiger partial charge in [0.1, 0.15) is 0 Å². The predicted octanol–water partition coefficient (Wildman–Crippen LogP) is 1.92. The van der Waals surface area contributed by atoms with E-state index >= 15 is 0 Å². The van der Waals surface area contributed by atoms with E-state index in [1.807, 2.05) is 11.7 Å². The first kappa shape index (κ1) is 13.1. The van der Waals surface area contributed by atoms with Crippen LogP contribution in [0.2, 0.25) is 0 Å². The molecule has 2 heterocycles. The number of nitrogens with one attached hydrogen (secondary N) is 1. The van der Waals surface area contributed by atoms with Crippen LogP contribution in [0.25, 0.3) is 0 Å². The zero-order valence-electron chi connectivity index (χ0n) is 12.2. The summed E-state index contributed by atoms with van der Waals surface area (Å²) in [5, 5.41) is 8.32. The molecule has 2 aliphatic rings. The summed E-state index contributed by atoms with van der Waals surface area (Å²) in [6, 6.07) is 2.81. The molecule has 3 rings (SSSR count). The molecule has 1 N–H and O–H groups in total. The van der Waals surface area contributed by atoms with Gasteiger partial charge in [-0.25, -0.2) is 0 Å². The van der Waals surface area contributed by atoms with Crippen molar-refractivity contribution in [2.75, 3.05) is 13.1 Å². The van der Waals surface area contributed by atoms with E-state index in [4.69, 9.17) is 0 Å². The van der Waals surface area contributed by atoms with Crippen molar-refractivity contribution in [2.45, 2.75) is 57.2 Å². The minimum Gasteiger partial charge on any atom is -0.311 e. The Morgan fingerprint density at radius 2 is 2.21 bits per heavy atom. The van der Waals surface area contributed by atoms with E-state index in [-0.39, 0.29) is 0 Å². The van der Waals surface area contributed by atoms with Gasteiger partial charge >= 0.3 is 0 Å². The zero-order chi connectivity index (χ0) is 13.3. The Labute approximate surface area is 116 Å². The second-order valence-electron chi connectivity index (χ2n) is 6.28. The summed E-state index contributed by atoms with van der Waals surface area (Å²) < 4.78 is 1.91. The number of piperazine rings is 1. The Balaban J connectivity index is 1.76. The summed E-state index contributed by atoms with van der Waals surface area (Å²) in [6.07, 6.45) is 8.74. The van der Waals surface area contributed by atoms with E-state index in [0.29, 0.717) is 11.6 Å². The number of nitrogens with zero attached hydrogens (tertiary/aromatic N) is 3. The number of rotatable bonds is 3. The van der Waals surface area contributed by atoms with Gasteiger partial charge in [-0.15, -0.1) is 0 Å². The fourth-order valence-electron chi connectivity index (χ4n) is 3.75. The quantitative estimate of drug-likeness (QED) is 0.903. The van der Waals surface area contributed by atoms with Crippen molar-refractivity contribution in [1.82, 2.24) is 20.0 Å². The molecule has 1 unspecified atom stereocenters. The zero-order valence-corrected chi connectivity index (χ0v) is 12.2. The van der Waals surface area contributed by atoms with Gasteiger partial charge in [-0.2, -0.15) is 5.10 Å². The highest BCUT2D eigenvalue weighted by Gasteiger charge is 2.43. The highest BCUT2D eigenvalue weighted by Crippen LogP contribution is 2.37. The first-order valence-electron chi connectivity index (χ1n) is 7.69. The van der Waals surface area contributed by atoms with Crippen molar-refractivity contribution in [3.63, 3.8) is 0 Å².